The number of aromatic nitrogens is 1. The second-order valence-corrected chi connectivity index (χ2v) is 7.59. The maximum atomic E-state index is 13.6. The highest BCUT2D eigenvalue weighted by atomic mass is 35.5. The van der Waals surface area contributed by atoms with E-state index in [0.29, 0.717) is 5.56 Å². The van der Waals surface area contributed by atoms with E-state index in [9.17, 15) is 19.1 Å². The SMILES string of the molecule is O=C(O)c1cnc(Nc2cc(F)ccc2Cl)c(NC(=O)c2csc3ccccc23)c1. The molecule has 6 nitrogen and oxygen atoms in total. The van der Waals surface area contributed by atoms with Gasteiger partial charge >= 0.3 is 5.97 Å². The molecule has 4 aromatic rings. The number of rotatable bonds is 5. The summed E-state index contributed by atoms with van der Waals surface area (Å²) in [7, 11) is 0. The van der Waals surface area contributed by atoms with E-state index in [0.717, 1.165) is 16.3 Å². The van der Waals surface area contributed by atoms with Crippen molar-refractivity contribution in [1.29, 1.82) is 0 Å². The van der Waals surface area contributed by atoms with Crippen LogP contribution < -0.4 is 10.6 Å². The van der Waals surface area contributed by atoms with Gasteiger partial charge in [0.15, 0.2) is 5.82 Å². The van der Waals surface area contributed by atoms with Gasteiger partial charge in [-0.25, -0.2) is 14.2 Å². The van der Waals surface area contributed by atoms with Gasteiger partial charge in [0, 0.05) is 21.7 Å². The largest absolute Gasteiger partial charge is 0.478 e. The quantitative estimate of drug-likeness (QED) is 0.365. The van der Waals surface area contributed by atoms with Crippen molar-refractivity contribution in [1.82, 2.24) is 4.98 Å². The first-order valence-electron chi connectivity index (χ1n) is 8.65. The monoisotopic (exact) mass is 441 g/mol. The number of hydrogen-bond donors (Lipinski definition) is 3. The van der Waals surface area contributed by atoms with Crippen molar-refractivity contribution in [3.05, 3.63) is 82.1 Å². The number of carbonyl (C=O) groups excluding carboxylic acids is 1. The highest BCUT2D eigenvalue weighted by Crippen LogP contribution is 2.31. The van der Waals surface area contributed by atoms with Crippen LogP contribution in [0.5, 0.6) is 0 Å². The number of nitrogens with zero attached hydrogens (tertiary/aromatic N) is 1. The molecule has 9 heteroatoms. The number of carboxylic acid groups (broad SMARTS) is 1. The van der Waals surface area contributed by atoms with Gasteiger partial charge in [0.05, 0.1) is 27.5 Å². The number of nitrogens with one attached hydrogen (secondary N) is 2. The molecule has 0 unspecified atom stereocenters. The Morgan fingerprint density at radius 3 is 2.70 bits per heavy atom. The number of anilines is 3. The van der Waals surface area contributed by atoms with Gasteiger partial charge in [0.2, 0.25) is 0 Å². The summed E-state index contributed by atoms with van der Waals surface area (Å²) in [4.78, 5) is 28.3. The lowest BCUT2D eigenvalue weighted by molar-refractivity contribution is 0.0696. The Bertz CT molecular complexity index is 1290. The van der Waals surface area contributed by atoms with Gasteiger partial charge in [-0.3, -0.25) is 4.79 Å². The summed E-state index contributed by atoms with van der Waals surface area (Å²) in [6.07, 6.45) is 1.13. The van der Waals surface area contributed by atoms with E-state index in [2.05, 4.69) is 15.6 Å². The molecule has 0 fully saturated rings. The molecule has 0 aliphatic heterocycles. The fourth-order valence-corrected chi connectivity index (χ4v) is 3.95. The lowest BCUT2D eigenvalue weighted by Crippen LogP contribution is -2.14. The Morgan fingerprint density at radius 1 is 1.10 bits per heavy atom. The van der Waals surface area contributed by atoms with Gasteiger partial charge in [-0.05, 0) is 30.3 Å². The van der Waals surface area contributed by atoms with Crippen LogP contribution in [0.4, 0.5) is 21.6 Å². The molecule has 0 atom stereocenters. The number of aromatic carboxylic acids is 1. The van der Waals surface area contributed by atoms with Gasteiger partial charge in [-0.2, -0.15) is 0 Å². The highest BCUT2D eigenvalue weighted by Gasteiger charge is 2.17. The van der Waals surface area contributed by atoms with E-state index in [4.69, 9.17) is 11.6 Å². The fraction of sp³-hybridized carbons (Fsp3) is 0. The van der Waals surface area contributed by atoms with Crippen LogP contribution in [0.1, 0.15) is 20.7 Å². The van der Waals surface area contributed by atoms with Crippen LogP contribution in [0, 0.1) is 5.82 Å². The van der Waals surface area contributed by atoms with E-state index in [1.54, 1.807) is 5.38 Å². The molecule has 0 saturated carbocycles. The minimum absolute atomic E-state index is 0.114. The summed E-state index contributed by atoms with van der Waals surface area (Å²) in [6, 6.07) is 12.5. The van der Waals surface area contributed by atoms with Crippen molar-refractivity contribution in [2.45, 2.75) is 0 Å². The minimum Gasteiger partial charge on any atom is -0.478 e. The number of hydrogen-bond acceptors (Lipinski definition) is 5. The van der Waals surface area contributed by atoms with E-state index in [1.807, 2.05) is 24.3 Å². The average Bonchev–Trinajstić information content (AvgIpc) is 3.16. The predicted octanol–water partition coefficient (Wildman–Crippen LogP) is 5.78. The number of carboxylic acids is 1. The Labute approximate surface area is 179 Å². The summed E-state index contributed by atoms with van der Waals surface area (Å²) >= 11 is 7.52. The van der Waals surface area contributed by atoms with Gasteiger partial charge in [0.25, 0.3) is 5.91 Å². The van der Waals surface area contributed by atoms with E-state index in [-0.39, 0.29) is 27.8 Å². The second kappa shape index (κ2) is 8.10. The van der Waals surface area contributed by atoms with E-state index < -0.39 is 17.7 Å². The van der Waals surface area contributed by atoms with Gasteiger partial charge in [0.1, 0.15) is 5.82 Å². The van der Waals surface area contributed by atoms with Crippen LogP contribution in [0.25, 0.3) is 10.1 Å². The molecule has 2 aromatic carbocycles. The molecule has 0 bridgehead atoms. The molecule has 2 aromatic heterocycles. The molecule has 1 amide bonds. The van der Waals surface area contributed by atoms with Crippen molar-refractivity contribution in [2.24, 2.45) is 0 Å². The topological polar surface area (TPSA) is 91.3 Å². The minimum atomic E-state index is -1.20. The molecule has 0 aliphatic carbocycles. The Morgan fingerprint density at radius 2 is 1.90 bits per heavy atom. The Hall–Kier alpha value is -3.49. The van der Waals surface area contributed by atoms with E-state index in [1.165, 1.54) is 35.6 Å². The maximum Gasteiger partial charge on any atom is 0.337 e. The molecular formula is C21H13ClFN3O3S. The molecular weight excluding hydrogens is 429 g/mol. The molecule has 0 aliphatic rings. The van der Waals surface area contributed by atoms with Crippen molar-refractivity contribution in [3.8, 4) is 0 Å². The van der Waals surface area contributed by atoms with Crippen molar-refractivity contribution < 1.29 is 19.1 Å². The molecule has 4 rings (SSSR count). The first kappa shape index (κ1) is 19.8. The Kier molecular flexibility index (Phi) is 5.35. The zero-order chi connectivity index (χ0) is 21.3. The standard InChI is InChI=1S/C21H13ClFN3O3S/c22-15-6-5-12(23)8-16(15)25-19-17(7-11(9-24-19)21(28)29)26-20(27)14-10-30-18-4-2-1-3-13(14)18/h1-10H,(H,24,25)(H,26,27)(H,28,29). The third kappa shape index (κ3) is 3.96. The normalized spacial score (nSPS) is 10.7. The summed E-state index contributed by atoms with van der Waals surface area (Å²) in [5, 5.41) is 17.6. The van der Waals surface area contributed by atoms with Gasteiger partial charge < -0.3 is 15.7 Å². The number of carbonyl (C=O) groups is 2. The van der Waals surface area contributed by atoms with Gasteiger partial charge in [-0.1, -0.05) is 29.8 Å². The second-order valence-electron chi connectivity index (χ2n) is 6.27. The lowest BCUT2D eigenvalue weighted by atomic mass is 10.1. The van der Waals surface area contributed by atoms with Crippen molar-refractivity contribution in [2.75, 3.05) is 10.6 Å². The Balaban J connectivity index is 1.71. The fourth-order valence-electron chi connectivity index (χ4n) is 2.84. The molecule has 0 saturated heterocycles. The molecule has 30 heavy (non-hydrogen) atoms. The smallest absolute Gasteiger partial charge is 0.337 e. The number of pyridine rings is 1. The summed E-state index contributed by atoms with van der Waals surface area (Å²) in [5.41, 5.74) is 0.682. The molecule has 2 heterocycles. The third-order valence-corrected chi connectivity index (χ3v) is 5.58. The van der Waals surface area contributed by atoms with Crippen LogP contribution in [-0.2, 0) is 0 Å². The zero-order valence-electron chi connectivity index (χ0n) is 15.1. The molecule has 150 valence electrons. The van der Waals surface area contributed by atoms with Gasteiger partial charge in [-0.15, -0.1) is 11.3 Å². The van der Waals surface area contributed by atoms with E-state index >= 15 is 0 Å². The predicted molar refractivity (Wildman–Crippen MR) is 116 cm³/mol. The zero-order valence-corrected chi connectivity index (χ0v) is 16.7. The number of fused-ring (bicyclic) bond motifs is 1. The number of halogens is 2. The van der Waals surface area contributed by atoms with Crippen LogP contribution in [-0.4, -0.2) is 22.0 Å². The highest BCUT2D eigenvalue weighted by molar-refractivity contribution is 7.17. The number of amides is 1. The molecule has 0 radical (unpaired) electrons. The molecule has 0 spiro atoms. The van der Waals surface area contributed by atoms with Crippen LogP contribution in [0.15, 0.2) is 60.1 Å². The average molecular weight is 442 g/mol. The van der Waals surface area contributed by atoms with Crippen molar-refractivity contribution >= 4 is 62.1 Å². The first-order valence-corrected chi connectivity index (χ1v) is 9.91. The molecule has 3 N–H and O–H groups in total. The van der Waals surface area contributed by atoms with Crippen LogP contribution in [0.3, 0.4) is 0 Å². The third-order valence-electron chi connectivity index (χ3n) is 4.29. The van der Waals surface area contributed by atoms with Crippen LogP contribution in [0.2, 0.25) is 5.02 Å². The summed E-state index contributed by atoms with van der Waals surface area (Å²) in [6.45, 7) is 0. The lowest BCUT2D eigenvalue weighted by Gasteiger charge is -2.14. The number of benzene rings is 2. The number of thiophene rings is 1. The van der Waals surface area contributed by atoms with Crippen LogP contribution >= 0.6 is 22.9 Å². The maximum absolute atomic E-state index is 13.6. The first-order chi connectivity index (χ1) is 14.4. The van der Waals surface area contributed by atoms with Crippen molar-refractivity contribution in [3.63, 3.8) is 0 Å². The summed E-state index contributed by atoms with van der Waals surface area (Å²) in [5.74, 6) is -2.01. The summed E-state index contributed by atoms with van der Waals surface area (Å²) < 4.78 is 14.5.